The van der Waals surface area contributed by atoms with Crippen molar-refractivity contribution in [3.63, 3.8) is 0 Å². The molecule has 0 aliphatic rings. The van der Waals surface area contributed by atoms with Crippen molar-refractivity contribution in [2.75, 3.05) is 24.6 Å². The zero-order valence-electron chi connectivity index (χ0n) is 15.5. The fourth-order valence-electron chi connectivity index (χ4n) is 2.58. The van der Waals surface area contributed by atoms with Gasteiger partial charge in [-0.05, 0) is 42.5 Å². The van der Waals surface area contributed by atoms with E-state index >= 15 is 0 Å². The third kappa shape index (κ3) is 7.04. The van der Waals surface area contributed by atoms with Crippen LogP contribution < -0.4 is 14.8 Å². The summed E-state index contributed by atoms with van der Waals surface area (Å²) >= 11 is 0. The van der Waals surface area contributed by atoms with Crippen molar-refractivity contribution in [3.05, 3.63) is 53.6 Å². The van der Waals surface area contributed by atoms with Gasteiger partial charge in [-0.1, -0.05) is 0 Å². The van der Waals surface area contributed by atoms with Crippen molar-refractivity contribution in [2.45, 2.75) is 17.2 Å². The van der Waals surface area contributed by atoms with Crippen LogP contribution in [-0.2, 0) is 16.2 Å². The second-order valence-corrected chi connectivity index (χ2v) is 7.80. The Kier molecular flexibility index (Phi) is 7.07. The van der Waals surface area contributed by atoms with Crippen LogP contribution in [0.25, 0.3) is 0 Å². The molecule has 0 atom stereocenters. The van der Waals surface area contributed by atoms with Crippen molar-refractivity contribution in [1.82, 2.24) is 0 Å². The lowest BCUT2D eigenvalue weighted by Crippen LogP contribution is -2.37. The highest BCUT2D eigenvalue weighted by Crippen LogP contribution is 2.35. The Morgan fingerprint density at radius 2 is 1.65 bits per heavy atom. The highest BCUT2D eigenvalue weighted by molar-refractivity contribution is 7.89. The maximum atomic E-state index is 13.1. The van der Waals surface area contributed by atoms with Crippen molar-refractivity contribution >= 4 is 15.7 Å². The number of nitriles is 1. The lowest BCUT2D eigenvalue weighted by Gasteiger charge is -2.27. The maximum Gasteiger partial charge on any atom is 0.417 e. The van der Waals surface area contributed by atoms with Crippen molar-refractivity contribution in [2.24, 2.45) is 5.14 Å². The first-order chi connectivity index (χ1) is 14.2. The summed E-state index contributed by atoms with van der Waals surface area (Å²) in [6.45, 7) is -2.35. The molecule has 0 saturated heterocycles. The van der Waals surface area contributed by atoms with E-state index in [1.165, 1.54) is 18.2 Å². The van der Waals surface area contributed by atoms with Gasteiger partial charge < -0.3 is 9.64 Å². The van der Waals surface area contributed by atoms with Gasteiger partial charge in [-0.2, -0.15) is 31.6 Å². The fourth-order valence-corrected chi connectivity index (χ4v) is 3.09. The standard InChI is InChI=1S/C18H15F6N3O3S/c19-17(20,21)11-27(13-2-1-12(10-25)16(9-13)18(22,23)24)7-8-30-14-3-5-15(6-4-14)31(26,28)29/h1-6,9H,7-8,11H2,(H2,26,28,29). The number of ether oxygens (including phenoxy) is 1. The second-order valence-electron chi connectivity index (χ2n) is 6.24. The SMILES string of the molecule is N#Cc1ccc(N(CCOc2ccc(S(N)(=O)=O)cc2)CC(F)(F)F)cc1C(F)(F)F. The molecule has 168 valence electrons. The molecular weight excluding hydrogens is 452 g/mol. The minimum atomic E-state index is -4.92. The summed E-state index contributed by atoms with van der Waals surface area (Å²) in [6, 6.07) is 8.36. The molecule has 13 heteroatoms. The number of nitrogens with two attached hydrogens (primary N) is 1. The third-order valence-corrected chi connectivity index (χ3v) is 4.88. The van der Waals surface area contributed by atoms with Crippen LogP contribution in [0.3, 0.4) is 0 Å². The normalized spacial score (nSPS) is 12.3. The number of rotatable bonds is 7. The Morgan fingerprint density at radius 3 is 2.13 bits per heavy atom. The molecule has 0 spiro atoms. The summed E-state index contributed by atoms with van der Waals surface area (Å²) in [4.78, 5) is 0.436. The van der Waals surface area contributed by atoms with Gasteiger partial charge in [0.1, 0.15) is 18.9 Å². The van der Waals surface area contributed by atoms with E-state index in [1.54, 1.807) is 0 Å². The third-order valence-electron chi connectivity index (χ3n) is 3.95. The van der Waals surface area contributed by atoms with E-state index in [-0.39, 0.29) is 17.3 Å². The second kappa shape index (κ2) is 9.03. The largest absolute Gasteiger partial charge is 0.492 e. The van der Waals surface area contributed by atoms with E-state index in [4.69, 9.17) is 15.1 Å². The molecule has 0 aromatic heterocycles. The molecule has 2 aromatic rings. The smallest absolute Gasteiger partial charge is 0.417 e. The topological polar surface area (TPSA) is 96.4 Å². The molecular formula is C18H15F6N3O3S. The lowest BCUT2D eigenvalue weighted by atomic mass is 10.1. The van der Waals surface area contributed by atoms with Gasteiger partial charge in [0, 0.05) is 5.69 Å². The van der Waals surface area contributed by atoms with Gasteiger partial charge in [0.15, 0.2) is 0 Å². The number of benzene rings is 2. The first-order valence-corrected chi connectivity index (χ1v) is 9.94. The monoisotopic (exact) mass is 467 g/mol. The lowest BCUT2D eigenvalue weighted by molar-refractivity contribution is -0.137. The number of hydrogen-bond acceptors (Lipinski definition) is 5. The van der Waals surface area contributed by atoms with Crippen LogP contribution in [0.4, 0.5) is 32.0 Å². The molecule has 0 radical (unpaired) electrons. The highest BCUT2D eigenvalue weighted by atomic mass is 32.2. The molecule has 0 unspecified atom stereocenters. The average Bonchev–Trinajstić information content (AvgIpc) is 2.65. The van der Waals surface area contributed by atoms with E-state index in [0.29, 0.717) is 11.0 Å². The number of nitrogens with zero attached hydrogens (tertiary/aromatic N) is 2. The van der Waals surface area contributed by atoms with E-state index in [1.807, 2.05) is 0 Å². The van der Waals surface area contributed by atoms with Gasteiger partial charge in [-0.15, -0.1) is 0 Å². The Hall–Kier alpha value is -2.98. The molecule has 2 aromatic carbocycles. The molecule has 0 heterocycles. The van der Waals surface area contributed by atoms with Gasteiger partial charge in [0.2, 0.25) is 10.0 Å². The summed E-state index contributed by atoms with van der Waals surface area (Å²) < 4.78 is 106. The van der Waals surface area contributed by atoms with Gasteiger partial charge in [-0.3, -0.25) is 0 Å². The quantitative estimate of drug-likeness (QED) is 0.627. The summed E-state index contributed by atoms with van der Waals surface area (Å²) in [5, 5.41) is 13.8. The molecule has 0 aliphatic carbocycles. The maximum absolute atomic E-state index is 13.1. The van der Waals surface area contributed by atoms with Crippen LogP contribution in [0, 0.1) is 11.3 Å². The molecule has 0 amide bonds. The van der Waals surface area contributed by atoms with Crippen molar-refractivity contribution in [1.29, 1.82) is 5.26 Å². The first-order valence-electron chi connectivity index (χ1n) is 8.39. The number of sulfonamides is 1. The minimum absolute atomic E-state index is 0.121. The number of primary sulfonamides is 1. The number of hydrogen-bond donors (Lipinski definition) is 1. The summed E-state index contributed by atoms with van der Waals surface area (Å²) in [6.07, 6.45) is -9.64. The van der Waals surface area contributed by atoms with Crippen LogP contribution >= 0.6 is 0 Å². The average molecular weight is 467 g/mol. The van der Waals surface area contributed by atoms with Gasteiger partial charge in [-0.25, -0.2) is 13.6 Å². The Labute approximate surface area is 173 Å². The Balaban J connectivity index is 2.21. The molecule has 2 rings (SSSR count). The first kappa shape index (κ1) is 24.3. The predicted octanol–water partition coefficient (Wildman–Crippen LogP) is 3.67. The summed E-state index contributed by atoms with van der Waals surface area (Å²) in [5.41, 5.74) is -2.45. The van der Waals surface area contributed by atoms with E-state index in [0.717, 1.165) is 24.3 Å². The number of alkyl halides is 6. The molecule has 6 nitrogen and oxygen atoms in total. The molecule has 2 N–H and O–H groups in total. The number of anilines is 1. The van der Waals surface area contributed by atoms with E-state index in [2.05, 4.69) is 0 Å². The van der Waals surface area contributed by atoms with Gasteiger partial charge >= 0.3 is 12.4 Å². The van der Waals surface area contributed by atoms with Crippen LogP contribution in [0.2, 0.25) is 0 Å². The minimum Gasteiger partial charge on any atom is -0.492 e. The van der Waals surface area contributed by atoms with Crippen LogP contribution in [-0.4, -0.2) is 34.3 Å². The zero-order chi connectivity index (χ0) is 23.4. The summed E-state index contributed by atoms with van der Waals surface area (Å²) in [7, 11) is -3.94. The zero-order valence-corrected chi connectivity index (χ0v) is 16.4. The van der Waals surface area contributed by atoms with E-state index in [9.17, 15) is 34.8 Å². The number of halogens is 6. The van der Waals surface area contributed by atoms with Gasteiger partial charge in [0.25, 0.3) is 0 Å². The fraction of sp³-hybridized carbons (Fsp3) is 0.278. The molecule has 31 heavy (non-hydrogen) atoms. The van der Waals surface area contributed by atoms with E-state index < -0.39 is 52.3 Å². The van der Waals surface area contributed by atoms with Crippen molar-refractivity contribution in [3.8, 4) is 11.8 Å². The molecule has 0 aliphatic heterocycles. The van der Waals surface area contributed by atoms with Crippen LogP contribution in [0.15, 0.2) is 47.4 Å². The van der Waals surface area contributed by atoms with Crippen LogP contribution in [0.1, 0.15) is 11.1 Å². The van der Waals surface area contributed by atoms with Crippen LogP contribution in [0.5, 0.6) is 5.75 Å². The molecule has 0 fully saturated rings. The molecule has 0 bridgehead atoms. The molecule has 0 saturated carbocycles. The van der Waals surface area contributed by atoms with Crippen molar-refractivity contribution < 1.29 is 39.5 Å². The Bertz CT molecular complexity index is 1060. The Morgan fingerprint density at radius 1 is 1.03 bits per heavy atom. The highest BCUT2D eigenvalue weighted by Gasteiger charge is 2.36. The summed E-state index contributed by atoms with van der Waals surface area (Å²) in [5.74, 6) is 0.121. The van der Waals surface area contributed by atoms with Gasteiger partial charge in [0.05, 0.1) is 28.6 Å². The predicted molar refractivity (Wildman–Crippen MR) is 97.7 cm³/mol.